The van der Waals surface area contributed by atoms with Crippen molar-refractivity contribution in [3.8, 4) is 0 Å². The smallest absolute Gasteiger partial charge is 0.248 e. The standard InChI is InChI=1S/C12H12BrClF2N2O/c13-8-5-9(10(14)17-6-8)18-11(19)7-1-3-12(15,16)4-2-7/h5-7H,1-4H2,(H,18,19). The van der Waals surface area contributed by atoms with Gasteiger partial charge in [0.2, 0.25) is 11.8 Å². The number of halogens is 4. The summed E-state index contributed by atoms with van der Waals surface area (Å²) in [6.07, 6.45) is 1.42. The third-order valence-electron chi connectivity index (χ3n) is 3.15. The second-order valence-electron chi connectivity index (χ2n) is 4.61. The van der Waals surface area contributed by atoms with E-state index in [1.165, 1.54) is 6.20 Å². The van der Waals surface area contributed by atoms with Gasteiger partial charge in [0.25, 0.3) is 0 Å². The van der Waals surface area contributed by atoms with Crippen LogP contribution in [-0.2, 0) is 4.79 Å². The zero-order valence-electron chi connectivity index (χ0n) is 9.93. The molecule has 1 N–H and O–H groups in total. The molecule has 1 aromatic heterocycles. The van der Waals surface area contributed by atoms with Crippen LogP contribution >= 0.6 is 27.5 Å². The van der Waals surface area contributed by atoms with Crippen LogP contribution in [0, 0.1) is 5.92 Å². The second-order valence-corrected chi connectivity index (χ2v) is 5.89. The lowest BCUT2D eigenvalue weighted by molar-refractivity contribution is -0.124. The zero-order valence-corrected chi connectivity index (χ0v) is 12.3. The van der Waals surface area contributed by atoms with Gasteiger partial charge in [0.15, 0.2) is 5.15 Å². The summed E-state index contributed by atoms with van der Waals surface area (Å²) < 4.78 is 26.7. The number of carbonyl (C=O) groups is 1. The number of aromatic nitrogens is 1. The highest BCUT2D eigenvalue weighted by molar-refractivity contribution is 9.10. The van der Waals surface area contributed by atoms with Gasteiger partial charge in [0, 0.05) is 29.4 Å². The molecule has 0 atom stereocenters. The predicted octanol–water partition coefficient (Wildman–Crippen LogP) is 4.26. The molecule has 2 rings (SSSR count). The predicted molar refractivity (Wildman–Crippen MR) is 72.5 cm³/mol. The molecule has 104 valence electrons. The fourth-order valence-corrected chi connectivity index (χ4v) is 2.53. The minimum absolute atomic E-state index is 0.178. The van der Waals surface area contributed by atoms with Crippen LogP contribution in [0.1, 0.15) is 25.7 Å². The Labute approximate surface area is 122 Å². The van der Waals surface area contributed by atoms with Crippen LogP contribution in [0.4, 0.5) is 14.5 Å². The highest BCUT2D eigenvalue weighted by Crippen LogP contribution is 2.36. The molecular weight excluding hydrogens is 341 g/mol. The Morgan fingerprint density at radius 2 is 2.11 bits per heavy atom. The molecule has 3 nitrogen and oxygen atoms in total. The monoisotopic (exact) mass is 352 g/mol. The van der Waals surface area contributed by atoms with Crippen LogP contribution in [0.2, 0.25) is 5.15 Å². The first-order valence-electron chi connectivity index (χ1n) is 5.87. The summed E-state index contributed by atoms with van der Waals surface area (Å²) in [5.41, 5.74) is 0.387. The number of nitrogens with zero attached hydrogens (tertiary/aromatic N) is 1. The Kier molecular flexibility index (Phi) is 4.40. The first kappa shape index (κ1) is 14.7. The fraction of sp³-hybridized carbons (Fsp3) is 0.500. The lowest BCUT2D eigenvalue weighted by Gasteiger charge is -2.27. The van der Waals surface area contributed by atoms with E-state index in [-0.39, 0.29) is 36.7 Å². The molecule has 0 aromatic carbocycles. The van der Waals surface area contributed by atoms with E-state index in [9.17, 15) is 13.6 Å². The van der Waals surface area contributed by atoms with Crippen molar-refractivity contribution in [3.63, 3.8) is 0 Å². The SMILES string of the molecule is O=C(Nc1cc(Br)cnc1Cl)C1CCC(F)(F)CC1. The molecular formula is C12H12BrClF2N2O. The molecule has 0 spiro atoms. The molecule has 1 aliphatic carbocycles. The molecule has 0 saturated heterocycles. The van der Waals surface area contributed by atoms with Crippen LogP contribution in [0.25, 0.3) is 0 Å². The van der Waals surface area contributed by atoms with Gasteiger partial charge >= 0.3 is 0 Å². The van der Waals surface area contributed by atoms with Gasteiger partial charge in [-0.1, -0.05) is 11.6 Å². The van der Waals surface area contributed by atoms with Crippen molar-refractivity contribution in [2.24, 2.45) is 5.92 Å². The van der Waals surface area contributed by atoms with Crippen molar-refractivity contribution in [2.45, 2.75) is 31.6 Å². The Bertz CT molecular complexity index is 489. The van der Waals surface area contributed by atoms with E-state index < -0.39 is 11.8 Å². The van der Waals surface area contributed by atoms with Crippen molar-refractivity contribution in [1.82, 2.24) is 4.98 Å². The molecule has 1 amide bonds. The molecule has 0 radical (unpaired) electrons. The van der Waals surface area contributed by atoms with Crippen LogP contribution < -0.4 is 5.32 Å². The van der Waals surface area contributed by atoms with E-state index >= 15 is 0 Å². The molecule has 19 heavy (non-hydrogen) atoms. The quantitative estimate of drug-likeness (QED) is 0.807. The molecule has 0 aliphatic heterocycles. The summed E-state index contributed by atoms with van der Waals surface area (Å²) in [7, 11) is 0. The number of nitrogens with one attached hydrogen (secondary N) is 1. The van der Waals surface area contributed by atoms with Crippen molar-refractivity contribution < 1.29 is 13.6 Å². The molecule has 0 unspecified atom stereocenters. The molecule has 1 aliphatic rings. The number of pyridine rings is 1. The van der Waals surface area contributed by atoms with Gasteiger partial charge in [0.1, 0.15) is 0 Å². The topological polar surface area (TPSA) is 42.0 Å². The average Bonchev–Trinajstić information content (AvgIpc) is 2.33. The van der Waals surface area contributed by atoms with Crippen LogP contribution in [-0.4, -0.2) is 16.8 Å². The lowest BCUT2D eigenvalue weighted by Crippen LogP contribution is -2.31. The van der Waals surface area contributed by atoms with Crippen molar-refractivity contribution in [3.05, 3.63) is 21.9 Å². The average molecular weight is 354 g/mol. The van der Waals surface area contributed by atoms with E-state index in [0.717, 1.165) is 0 Å². The van der Waals surface area contributed by atoms with E-state index in [4.69, 9.17) is 11.6 Å². The van der Waals surface area contributed by atoms with E-state index in [0.29, 0.717) is 10.2 Å². The molecule has 0 bridgehead atoms. The Balaban J connectivity index is 2.00. The third kappa shape index (κ3) is 3.86. The first-order valence-corrected chi connectivity index (χ1v) is 7.04. The van der Waals surface area contributed by atoms with Crippen LogP contribution in [0.5, 0.6) is 0 Å². The normalized spacial score (nSPS) is 19.2. The third-order valence-corrected chi connectivity index (χ3v) is 3.89. The van der Waals surface area contributed by atoms with Gasteiger partial charge < -0.3 is 5.32 Å². The van der Waals surface area contributed by atoms with E-state index in [1.807, 2.05) is 0 Å². The van der Waals surface area contributed by atoms with E-state index in [2.05, 4.69) is 26.2 Å². The highest BCUT2D eigenvalue weighted by atomic mass is 79.9. The number of rotatable bonds is 2. The summed E-state index contributed by atoms with van der Waals surface area (Å²) in [6.45, 7) is 0. The zero-order chi connectivity index (χ0) is 14.0. The van der Waals surface area contributed by atoms with Crippen LogP contribution in [0.15, 0.2) is 16.7 Å². The number of carbonyl (C=O) groups excluding carboxylic acids is 1. The minimum Gasteiger partial charge on any atom is -0.323 e. The highest BCUT2D eigenvalue weighted by Gasteiger charge is 2.37. The lowest BCUT2D eigenvalue weighted by atomic mass is 9.86. The molecule has 1 fully saturated rings. The number of alkyl halides is 2. The Hall–Kier alpha value is -0.750. The fourth-order valence-electron chi connectivity index (χ4n) is 2.05. The largest absolute Gasteiger partial charge is 0.323 e. The summed E-state index contributed by atoms with van der Waals surface area (Å²) in [5.74, 6) is -3.31. The number of hydrogen-bond donors (Lipinski definition) is 1. The maximum absolute atomic E-state index is 13.0. The van der Waals surface area contributed by atoms with Gasteiger partial charge in [0.05, 0.1) is 5.69 Å². The Morgan fingerprint density at radius 1 is 1.47 bits per heavy atom. The maximum atomic E-state index is 13.0. The summed E-state index contributed by atoms with van der Waals surface area (Å²) in [6, 6.07) is 1.63. The van der Waals surface area contributed by atoms with Gasteiger partial charge in [-0.2, -0.15) is 0 Å². The maximum Gasteiger partial charge on any atom is 0.248 e. The first-order chi connectivity index (χ1) is 8.87. The molecule has 1 saturated carbocycles. The molecule has 1 aromatic rings. The minimum atomic E-state index is -2.63. The second kappa shape index (κ2) is 5.71. The van der Waals surface area contributed by atoms with Gasteiger partial charge in [-0.25, -0.2) is 13.8 Å². The van der Waals surface area contributed by atoms with E-state index in [1.54, 1.807) is 6.07 Å². The molecule has 1 heterocycles. The van der Waals surface area contributed by atoms with Crippen molar-refractivity contribution >= 4 is 39.1 Å². The Morgan fingerprint density at radius 3 is 2.74 bits per heavy atom. The van der Waals surface area contributed by atoms with Gasteiger partial charge in [-0.3, -0.25) is 4.79 Å². The van der Waals surface area contributed by atoms with Gasteiger partial charge in [-0.15, -0.1) is 0 Å². The van der Waals surface area contributed by atoms with Crippen molar-refractivity contribution in [2.75, 3.05) is 5.32 Å². The number of anilines is 1. The number of amides is 1. The van der Waals surface area contributed by atoms with Gasteiger partial charge in [-0.05, 0) is 34.8 Å². The van der Waals surface area contributed by atoms with Crippen LogP contribution in [0.3, 0.4) is 0 Å². The molecule has 7 heteroatoms. The van der Waals surface area contributed by atoms with Crippen molar-refractivity contribution in [1.29, 1.82) is 0 Å². The summed E-state index contributed by atoms with van der Waals surface area (Å²) in [5, 5.41) is 2.82. The summed E-state index contributed by atoms with van der Waals surface area (Å²) >= 11 is 9.08. The summed E-state index contributed by atoms with van der Waals surface area (Å²) in [4.78, 5) is 15.9. The number of hydrogen-bond acceptors (Lipinski definition) is 2.